The lowest BCUT2D eigenvalue weighted by Crippen LogP contribution is -2.49. The smallest absolute Gasteiger partial charge is 0.173 e. The first-order valence-electron chi connectivity index (χ1n) is 6.80. The van der Waals surface area contributed by atoms with Gasteiger partial charge in [0.2, 0.25) is 0 Å². The second-order valence-corrected chi connectivity index (χ2v) is 6.41. The molecule has 0 aromatic heterocycles. The number of allylic oxidation sites excluding steroid dienone is 1. The third-order valence-electron chi connectivity index (χ3n) is 3.70. The summed E-state index contributed by atoms with van der Waals surface area (Å²) in [5.74, 6) is -2.57. The van der Waals surface area contributed by atoms with Gasteiger partial charge in [-0.15, -0.1) is 11.6 Å². The van der Waals surface area contributed by atoms with Gasteiger partial charge in [-0.3, -0.25) is 14.4 Å². The highest BCUT2D eigenvalue weighted by atomic mass is 35.5. The molecule has 21 heavy (non-hydrogen) atoms. The zero-order valence-electron chi connectivity index (χ0n) is 12.0. The van der Waals surface area contributed by atoms with E-state index in [0.29, 0.717) is 0 Å². The summed E-state index contributed by atoms with van der Waals surface area (Å²) in [6, 6.07) is 9.23. The van der Waals surface area contributed by atoms with Gasteiger partial charge in [-0.2, -0.15) is 0 Å². The van der Waals surface area contributed by atoms with Crippen molar-refractivity contribution >= 4 is 35.0 Å². The van der Waals surface area contributed by atoms with Crippen LogP contribution in [0.25, 0.3) is 6.08 Å². The molecule has 2 rings (SSSR count). The standard InChI is InChI=1S/C17H17ClO3/c1-17(2)10-13(20)14(15(21)16(17)18)12(19)9-8-11-6-4-3-5-7-11/h3-9,14,16H,10H2,1-2H3/b9-8+. The Morgan fingerprint density at radius 2 is 1.86 bits per heavy atom. The van der Waals surface area contributed by atoms with Gasteiger partial charge in [0.15, 0.2) is 17.3 Å². The summed E-state index contributed by atoms with van der Waals surface area (Å²) in [6.45, 7) is 3.53. The Kier molecular flexibility index (Phi) is 4.43. The van der Waals surface area contributed by atoms with Crippen molar-refractivity contribution in [2.45, 2.75) is 25.6 Å². The molecule has 1 aliphatic rings. The van der Waals surface area contributed by atoms with Gasteiger partial charge in [-0.1, -0.05) is 50.3 Å². The lowest BCUT2D eigenvalue weighted by molar-refractivity contribution is -0.143. The quantitative estimate of drug-likeness (QED) is 0.490. The van der Waals surface area contributed by atoms with Gasteiger partial charge in [-0.25, -0.2) is 0 Å². The zero-order valence-corrected chi connectivity index (χ0v) is 12.8. The normalized spacial score (nSPS) is 25.3. The van der Waals surface area contributed by atoms with Crippen LogP contribution in [0.3, 0.4) is 0 Å². The molecule has 1 fully saturated rings. The van der Waals surface area contributed by atoms with Gasteiger partial charge in [0.25, 0.3) is 0 Å². The Balaban J connectivity index is 2.18. The molecule has 4 heteroatoms. The lowest BCUT2D eigenvalue weighted by Gasteiger charge is -2.35. The number of hydrogen-bond acceptors (Lipinski definition) is 3. The van der Waals surface area contributed by atoms with Crippen LogP contribution in [-0.4, -0.2) is 22.7 Å². The van der Waals surface area contributed by atoms with E-state index in [0.717, 1.165) is 5.56 Å². The van der Waals surface area contributed by atoms with Crippen LogP contribution in [0.5, 0.6) is 0 Å². The number of rotatable bonds is 3. The zero-order chi connectivity index (χ0) is 15.6. The summed E-state index contributed by atoms with van der Waals surface area (Å²) in [5, 5.41) is -0.811. The van der Waals surface area contributed by atoms with Gasteiger partial charge < -0.3 is 0 Å². The molecule has 0 radical (unpaired) electrons. The molecule has 1 aromatic carbocycles. The molecule has 0 aliphatic heterocycles. The van der Waals surface area contributed by atoms with Gasteiger partial charge in [0.1, 0.15) is 5.92 Å². The Morgan fingerprint density at radius 1 is 1.24 bits per heavy atom. The predicted molar refractivity (Wildman–Crippen MR) is 82.0 cm³/mol. The summed E-state index contributed by atoms with van der Waals surface area (Å²) < 4.78 is 0. The highest BCUT2D eigenvalue weighted by Gasteiger charge is 2.48. The third kappa shape index (κ3) is 3.30. The Morgan fingerprint density at radius 3 is 2.48 bits per heavy atom. The van der Waals surface area contributed by atoms with Crippen molar-refractivity contribution < 1.29 is 14.4 Å². The van der Waals surface area contributed by atoms with E-state index in [1.54, 1.807) is 19.9 Å². The second kappa shape index (κ2) is 5.94. The maximum Gasteiger partial charge on any atom is 0.173 e. The molecule has 0 spiro atoms. The van der Waals surface area contributed by atoms with E-state index in [9.17, 15) is 14.4 Å². The van der Waals surface area contributed by atoms with Gasteiger partial charge in [-0.05, 0) is 17.1 Å². The number of benzene rings is 1. The molecule has 3 nitrogen and oxygen atoms in total. The van der Waals surface area contributed by atoms with E-state index < -0.39 is 28.3 Å². The first-order valence-corrected chi connectivity index (χ1v) is 7.24. The van der Waals surface area contributed by atoms with Crippen molar-refractivity contribution in [2.24, 2.45) is 11.3 Å². The molecule has 0 N–H and O–H groups in total. The summed E-state index contributed by atoms with van der Waals surface area (Å²) in [7, 11) is 0. The second-order valence-electron chi connectivity index (χ2n) is 5.98. The Bertz CT molecular complexity index is 602. The highest BCUT2D eigenvalue weighted by Crippen LogP contribution is 2.38. The summed E-state index contributed by atoms with van der Waals surface area (Å²) in [4.78, 5) is 36.4. The molecule has 0 bridgehead atoms. The minimum Gasteiger partial charge on any atom is -0.298 e. The molecule has 1 saturated carbocycles. The number of carbonyl (C=O) groups is 3. The molecular weight excluding hydrogens is 288 g/mol. The number of hydrogen-bond donors (Lipinski definition) is 0. The fourth-order valence-electron chi connectivity index (χ4n) is 2.47. The Labute approximate surface area is 129 Å². The average Bonchev–Trinajstić information content (AvgIpc) is 2.43. The number of Topliss-reactive ketones (excluding diaryl/α,β-unsaturated/α-hetero) is 2. The van der Waals surface area contributed by atoms with Crippen molar-refractivity contribution in [3.63, 3.8) is 0 Å². The molecule has 110 valence electrons. The Hall–Kier alpha value is -1.74. The maximum atomic E-state index is 12.2. The first-order chi connectivity index (χ1) is 9.83. The summed E-state index contributed by atoms with van der Waals surface area (Å²) in [6.07, 6.45) is 3.03. The molecule has 2 unspecified atom stereocenters. The summed E-state index contributed by atoms with van der Waals surface area (Å²) in [5.41, 5.74) is 0.236. The van der Waals surface area contributed by atoms with E-state index >= 15 is 0 Å². The van der Waals surface area contributed by atoms with Crippen molar-refractivity contribution in [3.8, 4) is 0 Å². The fraction of sp³-hybridized carbons (Fsp3) is 0.353. The van der Waals surface area contributed by atoms with E-state index in [2.05, 4.69) is 0 Å². The molecular formula is C17H17ClO3. The number of ketones is 3. The minimum atomic E-state index is -1.25. The number of alkyl halides is 1. The summed E-state index contributed by atoms with van der Waals surface area (Å²) >= 11 is 6.10. The van der Waals surface area contributed by atoms with Crippen LogP contribution in [0, 0.1) is 11.3 Å². The van der Waals surface area contributed by atoms with Crippen LogP contribution in [-0.2, 0) is 14.4 Å². The van der Waals surface area contributed by atoms with Crippen molar-refractivity contribution in [3.05, 3.63) is 42.0 Å². The van der Waals surface area contributed by atoms with E-state index in [4.69, 9.17) is 11.6 Å². The first kappa shape index (κ1) is 15.6. The molecule has 1 aliphatic carbocycles. The predicted octanol–water partition coefficient (Wildman–Crippen LogP) is 3.06. The molecule has 0 heterocycles. The molecule has 1 aromatic rings. The fourth-order valence-corrected chi connectivity index (χ4v) is 2.67. The topological polar surface area (TPSA) is 51.2 Å². The van der Waals surface area contributed by atoms with Gasteiger partial charge >= 0.3 is 0 Å². The maximum absolute atomic E-state index is 12.2. The SMILES string of the molecule is CC1(C)CC(=O)C(C(=O)/C=C/c2ccccc2)C(=O)C1Cl. The molecule has 0 saturated heterocycles. The van der Waals surface area contributed by atoms with Crippen molar-refractivity contribution in [1.82, 2.24) is 0 Å². The molecule has 2 atom stereocenters. The number of carbonyl (C=O) groups excluding carboxylic acids is 3. The van der Waals surface area contributed by atoms with Gasteiger partial charge in [0, 0.05) is 6.42 Å². The van der Waals surface area contributed by atoms with Crippen LogP contribution >= 0.6 is 11.6 Å². The number of halogens is 1. The van der Waals surface area contributed by atoms with Gasteiger partial charge in [0.05, 0.1) is 5.38 Å². The van der Waals surface area contributed by atoms with Crippen LogP contribution in [0.15, 0.2) is 36.4 Å². The van der Waals surface area contributed by atoms with E-state index in [1.807, 2.05) is 30.3 Å². The average molecular weight is 305 g/mol. The van der Waals surface area contributed by atoms with Crippen molar-refractivity contribution in [2.75, 3.05) is 0 Å². The molecule has 0 amide bonds. The van der Waals surface area contributed by atoms with Crippen LogP contribution < -0.4 is 0 Å². The minimum absolute atomic E-state index is 0.141. The largest absolute Gasteiger partial charge is 0.298 e. The van der Waals surface area contributed by atoms with Crippen LogP contribution in [0.4, 0.5) is 0 Å². The van der Waals surface area contributed by atoms with E-state index in [-0.39, 0.29) is 12.2 Å². The lowest BCUT2D eigenvalue weighted by atomic mass is 9.70. The monoisotopic (exact) mass is 304 g/mol. The van der Waals surface area contributed by atoms with Crippen LogP contribution in [0.1, 0.15) is 25.8 Å². The highest BCUT2D eigenvalue weighted by molar-refractivity contribution is 6.39. The van der Waals surface area contributed by atoms with E-state index in [1.165, 1.54) is 6.08 Å². The van der Waals surface area contributed by atoms with Crippen molar-refractivity contribution in [1.29, 1.82) is 0 Å². The third-order valence-corrected chi connectivity index (χ3v) is 4.50. The van der Waals surface area contributed by atoms with Crippen LogP contribution in [0.2, 0.25) is 0 Å².